The molecule has 0 aliphatic carbocycles. The maximum absolute atomic E-state index is 12.1. The standard InChI is InChI=1S/C15H8BrI2NO2/c16-8-1-2-13-9(6-8)10(15(21)19-13)3-7-4-11(17)14(20)12(18)5-7/h1-6,20H,(H,19,21). The molecule has 1 heterocycles. The number of hydrogen-bond acceptors (Lipinski definition) is 2. The van der Waals surface area contributed by atoms with Crippen LogP contribution in [0.25, 0.3) is 11.6 Å². The second kappa shape index (κ2) is 5.88. The molecule has 2 aromatic rings. The number of rotatable bonds is 1. The molecule has 0 unspecified atom stereocenters. The molecule has 0 atom stereocenters. The Balaban J connectivity index is 2.13. The molecule has 0 bridgehead atoms. The fraction of sp³-hybridized carbons (Fsp3) is 0. The fourth-order valence-electron chi connectivity index (χ4n) is 2.14. The minimum absolute atomic E-state index is 0.110. The first kappa shape index (κ1) is 15.3. The fourth-order valence-corrected chi connectivity index (χ4v) is 4.32. The van der Waals surface area contributed by atoms with Crippen LogP contribution in [0.3, 0.4) is 0 Å². The van der Waals surface area contributed by atoms with Crippen LogP contribution in [0.15, 0.2) is 34.8 Å². The molecular formula is C15H8BrI2NO2. The average molecular weight is 568 g/mol. The van der Waals surface area contributed by atoms with E-state index in [1.165, 1.54) is 0 Å². The number of amides is 1. The summed E-state index contributed by atoms with van der Waals surface area (Å²) in [5.74, 6) is 0.165. The van der Waals surface area contributed by atoms with Crippen molar-refractivity contribution in [2.45, 2.75) is 0 Å². The van der Waals surface area contributed by atoms with E-state index in [0.717, 1.165) is 28.4 Å². The van der Waals surface area contributed by atoms with Crippen LogP contribution in [0.5, 0.6) is 5.75 Å². The third kappa shape index (κ3) is 2.98. The summed E-state index contributed by atoms with van der Waals surface area (Å²) in [5, 5.41) is 12.7. The molecule has 0 fully saturated rings. The molecule has 1 aliphatic rings. The van der Waals surface area contributed by atoms with Gasteiger partial charge in [0.05, 0.1) is 7.14 Å². The monoisotopic (exact) mass is 567 g/mol. The van der Waals surface area contributed by atoms with Gasteiger partial charge in [0.15, 0.2) is 0 Å². The summed E-state index contributed by atoms with van der Waals surface area (Å²) in [4.78, 5) is 12.1. The highest BCUT2D eigenvalue weighted by Gasteiger charge is 2.24. The second-order valence-corrected chi connectivity index (χ2v) is 7.78. The van der Waals surface area contributed by atoms with Gasteiger partial charge in [-0.25, -0.2) is 0 Å². The quantitative estimate of drug-likeness (QED) is 0.382. The predicted molar refractivity (Wildman–Crippen MR) is 104 cm³/mol. The van der Waals surface area contributed by atoms with Crippen LogP contribution >= 0.6 is 61.1 Å². The van der Waals surface area contributed by atoms with Gasteiger partial charge in [0.2, 0.25) is 0 Å². The summed E-state index contributed by atoms with van der Waals surface area (Å²) in [7, 11) is 0. The van der Waals surface area contributed by atoms with Crippen molar-refractivity contribution in [1.29, 1.82) is 0 Å². The minimum Gasteiger partial charge on any atom is -0.506 e. The number of carbonyl (C=O) groups excluding carboxylic acids is 1. The van der Waals surface area contributed by atoms with E-state index in [1.807, 2.05) is 36.4 Å². The van der Waals surface area contributed by atoms with Crippen LogP contribution in [0.1, 0.15) is 11.1 Å². The first-order chi connectivity index (χ1) is 9.95. The van der Waals surface area contributed by atoms with Crippen molar-refractivity contribution >= 4 is 84.4 Å². The third-order valence-corrected chi connectivity index (χ3v) is 5.25. The summed E-state index contributed by atoms with van der Waals surface area (Å²) in [5.41, 5.74) is 3.22. The lowest BCUT2D eigenvalue weighted by Crippen LogP contribution is -2.03. The maximum Gasteiger partial charge on any atom is 0.256 e. The Bertz CT molecular complexity index is 779. The van der Waals surface area contributed by atoms with Gasteiger partial charge in [-0.05, 0) is 87.2 Å². The second-order valence-electron chi connectivity index (χ2n) is 4.54. The largest absolute Gasteiger partial charge is 0.506 e. The highest BCUT2D eigenvalue weighted by molar-refractivity contribution is 14.1. The summed E-state index contributed by atoms with van der Waals surface area (Å²) >= 11 is 7.59. The molecule has 3 nitrogen and oxygen atoms in total. The van der Waals surface area contributed by atoms with Crippen molar-refractivity contribution in [3.05, 3.63) is 53.1 Å². The summed E-state index contributed by atoms with van der Waals surface area (Å²) in [6.07, 6.45) is 1.84. The Kier molecular flexibility index (Phi) is 4.28. The molecule has 0 saturated heterocycles. The number of benzene rings is 2. The molecule has 21 heavy (non-hydrogen) atoms. The van der Waals surface area contributed by atoms with Crippen molar-refractivity contribution in [3.8, 4) is 5.75 Å². The lowest BCUT2D eigenvalue weighted by atomic mass is 10.0. The lowest BCUT2D eigenvalue weighted by Gasteiger charge is -2.04. The minimum atomic E-state index is -0.110. The first-order valence-electron chi connectivity index (χ1n) is 5.96. The van der Waals surface area contributed by atoms with Gasteiger partial charge in [0.1, 0.15) is 5.75 Å². The van der Waals surface area contributed by atoms with E-state index in [1.54, 1.807) is 0 Å². The van der Waals surface area contributed by atoms with E-state index in [2.05, 4.69) is 66.4 Å². The number of hydrogen-bond donors (Lipinski definition) is 2. The summed E-state index contributed by atoms with van der Waals surface area (Å²) in [6.45, 7) is 0. The first-order valence-corrected chi connectivity index (χ1v) is 8.92. The maximum atomic E-state index is 12.1. The van der Waals surface area contributed by atoms with Crippen LogP contribution in [0, 0.1) is 7.14 Å². The zero-order chi connectivity index (χ0) is 15.1. The van der Waals surface area contributed by atoms with Gasteiger partial charge < -0.3 is 10.4 Å². The summed E-state index contributed by atoms with van der Waals surface area (Å²) < 4.78 is 2.46. The molecule has 2 N–H and O–H groups in total. The van der Waals surface area contributed by atoms with Gasteiger partial charge in [-0.2, -0.15) is 0 Å². The van der Waals surface area contributed by atoms with Crippen molar-refractivity contribution in [2.24, 2.45) is 0 Å². The van der Waals surface area contributed by atoms with Crippen LogP contribution < -0.4 is 5.32 Å². The van der Waals surface area contributed by atoms with Gasteiger partial charge in [0, 0.05) is 21.3 Å². The molecule has 2 aromatic carbocycles. The Morgan fingerprint density at radius 3 is 2.48 bits per heavy atom. The van der Waals surface area contributed by atoms with Crippen LogP contribution in [-0.4, -0.2) is 11.0 Å². The molecule has 0 saturated carbocycles. The van der Waals surface area contributed by atoms with Crippen LogP contribution in [0.4, 0.5) is 5.69 Å². The zero-order valence-corrected chi connectivity index (χ0v) is 16.4. The lowest BCUT2D eigenvalue weighted by molar-refractivity contribution is -0.110. The number of carbonyl (C=O) groups is 1. The van der Waals surface area contributed by atoms with E-state index in [-0.39, 0.29) is 11.7 Å². The number of aromatic hydroxyl groups is 1. The topological polar surface area (TPSA) is 49.3 Å². The van der Waals surface area contributed by atoms with Crippen molar-refractivity contribution in [1.82, 2.24) is 0 Å². The van der Waals surface area contributed by atoms with E-state index in [9.17, 15) is 9.90 Å². The average Bonchev–Trinajstić information content (AvgIpc) is 2.72. The van der Waals surface area contributed by atoms with E-state index >= 15 is 0 Å². The van der Waals surface area contributed by atoms with Crippen molar-refractivity contribution in [2.75, 3.05) is 5.32 Å². The van der Waals surface area contributed by atoms with Crippen LogP contribution in [0.2, 0.25) is 0 Å². The van der Waals surface area contributed by atoms with E-state index in [0.29, 0.717) is 5.57 Å². The number of halogens is 3. The van der Waals surface area contributed by atoms with E-state index in [4.69, 9.17) is 0 Å². The molecule has 0 aromatic heterocycles. The van der Waals surface area contributed by atoms with Gasteiger partial charge in [-0.1, -0.05) is 15.9 Å². The van der Waals surface area contributed by atoms with Gasteiger partial charge >= 0.3 is 0 Å². The number of fused-ring (bicyclic) bond motifs is 1. The highest BCUT2D eigenvalue weighted by atomic mass is 127. The Labute approximate surface area is 157 Å². The number of anilines is 1. The third-order valence-electron chi connectivity index (χ3n) is 3.11. The SMILES string of the molecule is O=C1Nc2ccc(Br)cc2C1=Cc1cc(I)c(O)c(I)c1. The molecule has 1 aliphatic heterocycles. The molecule has 1 amide bonds. The molecule has 0 spiro atoms. The highest BCUT2D eigenvalue weighted by Crippen LogP contribution is 2.36. The zero-order valence-electron chi connectivity index (χ0n) is 10.5. The molecule has 3 rings (SSSR count). The summed E-state index contributed by atoms with van der Waals surface area (Å²) in [6, 6.07) is 9.41. The number of nitrogens with one attached hydrogen (secondary N) is 1. The van der Waals surface area contributed by atoms with Crippen LogP contribution in [-0.2, 0) is 4.79 Å². The Morgan fingerprint density at radius 2 is 1.81 bits per heavy atom. The number of phenols is 1. The molecule has 0 radical (unpaired) electrons. The predicted octanol–water partition coefficient (Wildman–Crippen LogP) is 4.86. The normalized spacial score (nSPS) is 15.2. The van der Waals surface area contributed by atoms with Crippen molar-refractivity contribution < 1.29 is 9.90 Å². The Morgan fingerprint density at radius 1 is 1.14 bits per heavy atom. The van der Waals surface area contributed by atoms with Gasteiger partial charge in [-0.15, -0.1) is 0 Å². The molecule has 106 valence electrons. The van der Waals surface area contributed by atoms with E-state index < -0.39 is 0 Å². The Hall–Kier alpha value is -0.610. The number of phenolic OH excluding ortho intramolecular Hbond substituents is 1. The van der Waals surface area contributed by atoms with Gasteiger partial charge in [0.25, 0.3) is 5.91 Å². The molecular weight excluding hydrogens is 560 g/mol. The smallest absolute Gasteiger partial charge is 0.256 e. The molecule has 6 heteroatoms. The van der Waals surface area contributed by atoms with Crippen molar-refractivity contribution in [3.63, 3.8) is 0 Å². The van der Waals surface area contributed by atoms with Gasteiger partial charge in [-0.3, -0.25) is 4.79 Å².